The second kappa shape index (κ2) is 25.9. The van der Waals surface area contributed by atoms with Crippen LogP contribution in [0.4, 0.5) is 22.7 Å². The molecule has 5 N–H and O–H groups in total. The summed E-state index contributed by atoms with van der Waals surface area (Å²) in [4.78, 5) is 41.9. The molecule has 0 aliphatic carbocycles. The summed E-state index contributed by atoms with van der Waals surface area (Å²) in [7, 11) is -8.50. The lowest BCUT2D eigenvalue weighted by Gasteiger charge is -2.27. The molecular weight excluding hydrogens is 1000 g/mol. The van der Waals surface area contributed by atoms with E-state index in [1.807, 2.05) is 48.6 Å². The third-order valence-corrected chi connectivity index (χ3v) is 16.4. The van der Waals surface area contributed by atoms with E-state index < -0.39 is 36.5 Å². The van der Waals surface area contributed by atoms with Gasteiger partial charge in [0.15, 0.2) is 5.71 Å². The van der Waals surface area contributed by atoms with E-state index in [0.717, 1.165) is 60.9 Å². The number of carbonyl (C=O) groups excluding carboxylic acids is 1. The minimum absolute atomic E-state index is 0.0522. The van der Waals surface area contributed by atoms with E-state index >= 15 is 0 Å². The van der Waals surface area contributed by atoms with Gasteiger partial charge in [-0.05, 0) is 120 Å². The standard InChI is InChI=1S/C58H76N6O10S2/c1-57(2)46-24-11-12-25-48(46)63(37-18-19-39-75(68,69)70)50(57)26-8-5-9-27-51-58(3,4)47-30-29-45(76(71,72)73)41-49(47)64(51)36-17-6-10-28-52(65)59-31-13-14-32-60-53-54(56(67)55(53)66)61-33-21-38-74-44-23-20-22-43(40-44)42-62-34-15-7-16-35-62/h5,8-9,11-12,20,22-27,29-30,40-41H,6-7,10,13-19,21,28,31-39,42H2,1-4H3,(H4-,59,60,61,65,66,67,68,69,70,71,72,73)/p+1. The number of allylic oxidation sites excluding steroid dienone is 6. The average molecular weight is 1080 g/mol. The van der Waals surface area contributed by atoms with Gasteiger partial charge in [0.05, 0.1) is 22.7 Å². The quantitative estimate of drug-likeness (QED) is 0.0113. The largest absolute Gasteiger partial charge is 0.494 e. The number of unbranched alkanes of at least 4 members (excludes halogenated alkanes) is 4. The second-order valence-corrected chi connectivity index (χ2v) is 24.2. The Balaban J connectivity index is 0.847. The highest BCUT2D eigenvalue weighted by atomic mass is 32.2. The van der Waals surface area contributed by atoms with Gasteiger partial charge in [-0.1, -0.05) is 81.3 Å². The summed E-state index contributed by atoms with van der Waals surface area (Å²) >= 11 is 0. The maximum absolute atomic E-state index is 12.8. The zero-order chi connectivity index (χ0) is 54.5. The highest BCUT2D eigenvalue weighted by Gasteiger charge is 2.44. The number of rotatable bonds is 29. The molecule has 4 aromatic rings. The predicted octanol–water partition coefficient (Wildman–Crippen LogP) is 8.80. The fourth-order valence-corrected chi connectivity index (χ4v) is 11.8. The van der Waals surface area contributed by atoms with Crippen molar-refractivity contribution in [3.05, 3.63) is 140 Å². The number of para-hydroxylation sites is 1. The summed E-state index contributed by atoms with van der Waals surface area (Å²) in [6, 6.07) is 21.1. The third-order valence-electron chi connectivity index (χ3n) is 14.8. The summed E-state index contributed by atoms with van der Waals surface area (Å²) in [5, 5.41) is 9.20. The maximum atomic E-state index is 12.8. The van der Waals surface area contributed by atoms with Crippen molar-refractivity contribution in [1.82, 2.24) is 10.2 Å². The van der Waals surface area contributed by atoms with Gasteiger partial charge in [-0.25, -0.2) is 0 Å². The molecule has 0 bridgehead atoms. The molecular formula is C58H77N6O10S2+. The first-order valence-corrected chi connectivity index (χ1v) is 30.0. The molecule has 1 fully saturated rings. The molecule has 0 atom stereocenters. The molecule has 0 radical (unpaired) electrons. The smallest absolute Gasteiger partial charge is 0.294 e. The van der Waals surface area contributed by atoms with E-state index in [-0.39, 0.29) is 22.0 Å². The Bertz CT molecular complexity index is 3110. The molecule has 1 saturated heterocycles. The van der Waals surface area contributed by atoms with Gasteiger partial charge >= 0.3 is 0 Å². The van der Waals surface area contributed by atoms with Crippen molar-refractivity contribution in [2.24, 2.45) is 0 Å². The van der Waals surface area contributed by atoms with Crippen LogP contribution in [-0.4, -0.2) is 105 Å². The van der Waals surface area contributed by atoms with Gasteiger partial charge in [0.1, 0.15) is 23.7 Å². The molecule has 3 aliphatic rings. The zero-order valence-electron chi connectivity index (χ0n) is 44.6. The number of nitrogens with zero attached hydrogens (tertiary/aromatic N) is 3. The minimum atomic E-state index is -4.46. The monoisotopic (exact) mass is 1080 g/mol. The number of anilines is 3. The molecule has 16 nitrogen and oxygen atoms in total. The molecule has 18 heteroatoms. The summed E-state index contributed by atoms with van der Waals surface area (Å²) in [5.74, 6) is 0.488. The fourth-order valence-electron chi connectivity index (χ4n) is 10.7. The first kappa shape index (κ1) is 57.8. The lowest BCUT2D eigenvalue weighted by Crippen LogP contribution is -2.38. The highest BCUT2D eigenvalue weighted by Crippen LogP contribution is 2.48. The summed E-state index contributed by atoms with van der Waals surface area (Å²) < 4.78 is 74.7. The molecule has 3 heterocycles. The molecule has 0 saturated carbocycles. The lowest BCUT2D eigenvalue weighted by atomic mass is 9.81. The van der Waals surface area contributed by atoms with Crippen molar-refractivity contribution >= 4 is 54.6 Å². The van der Waals surface area contributed by atoms with Gasteiger partial charge in [0.2, 0.25) is 11.6 Å². The number of ether oxygens (including phenoxy) is 1. The molecule has 410 valence electrons. The van der Waals surface area contributed by atoms with Gasteiger partial charge in [-0.15, -0.1) is 0 Å². The van der Waals surface area contributed by atoms with E-state index in [1.165, 1.54) is 42.5 Å². The number of carbonyl (C=O) groups is 1. The van der Waals surface area contributed by atoms with Crippen molar-refractivity contribution in [3.63, 3.8) is 0 Å². The Morgan fingerprint density at radius 3 is 2.20 bits per heavy atom. The van der Waals surface area contributed by atoms with Crippen LogP contribution in [0.3, 0.4) is 0 Å². The SMILES string of the molecule is CC1(C)C(=CC=CC=CC2=[N+](CCCCS(=O)(=O)O)c3ccccc3C2(C)C)N(CCCCCC(=O)NCCCCNc2c(NCCCOc3cccc(CN4CCCCC4)c3)c(=O)c2=O)c2cc(S(=O)(=O)O)ccc21. The van der Waals surface area contributed by atoms with E-state index in [4.69, 9.17) is 4.74 Å². The highest BCUT2D eigenvalue weighted by molar-refractivity contribution is 7.86. The van der Waals surface area contributed by atoms with Crippen molar-refractivity contribution < 1.29 is 40.0 Å². The first-order chi connectivity index (χ1) is 36.3. The van der Waals surface area contributed by atoms with Crippen LogP contribution in [0.5, 0.6) is 5.75 Å². The summed E-state index contributed by atoms with van der Waals surface area (Å²) in [6.07, 6.45) is 19.2. The third kappa shape index (κ3) is 15.0. The van der Waals surface area contributed by atoms with Crippen LogP contribution in [0.25, 0.3) is 0 Å². The maximum Gasteiger partial charge on any atom is 0.294 e. The minimum Gasteiger partial charge on any atom is -0.494 e. The Morgan fingerprint density at radius 1 is 0.737 bits per heavy atom. The van der Waals surface area contributed by atoms with Crippen LogP contribution in [0.1, 0.15) is 121 Å². The second-order valence-electron chi connectivity index (χ2n) is 21.2. The molecule has 4 aromatic carbocycles. The number of fused-ring (bicyclic) bond motifs is 2. The molecule has 0 unspecified atom stereocenters. The molecule has 7 rings (SSSR count). The molecule has 1 amide bonds. The van der Waals surface area contributed by atoms with Gasteiger partial charge < -0.3 is 25.6 Å². The number of piperidine rings is 1. The number of likely N-dealkylation sites (tertiary alicyclic amines) is 1. The van der Waals surface area contributed by atoms with Crippen LogP contribution in [0.15, 0.2) is 117 Å². The van der Waals surface area contributed by atoms with Gasteiger partial charge in [-0.3, -0.25) is 28.4 Å². The van der Waals surface area contributed by atoms with Gasteiger partial charge in [-0.2, -0.15) is 21.4 Å². The Morgan fingerprint density at radius 2 is 1.46 bits per heavy atom. The summed E-state index contributed by atoms with van der Waals surface area (Å²) in [5.41, 5.74) is 5.85. The van der Waals surface area contributed by atoms with Crippen molar-refractivity contribution in [2.75, 3.05) is 73.7 Å². The van der Waals surface area contributed by atoms with Crippen LogP contribution in [0.2, 0.25) is 0 Å². The van der Waals surface area contributed by atoms with Gasteiger partial charge in [0.25, 0.3) is 31.1 Å². The van der Waals surface area contributed by atoms with Crippen LogP contribution in [-0.2, 0) is 42.4 Å². The van der Waals surface area contributed by atoms with E-state index in [2.05, 4.69) is 88.4 Å². The molecule has 0 spiro atoms. The zero-order valence-corrected chi connectivity index (χ0v) is 46.2. The van der Waals surface area contributed by atoms with Gasteiger partial charge in [0, 0.05) is 80.1 Å². The number of hydrogen-bond acceptors (Lipinski definition) is 12. The van der Waals surface area contributed by atoms with Crippen LogP contribution in [0, 0.1) is 0 Å². The molecule has 0 aromatic heterocycles. The van der Waals surface area contributed by atoms with E-state index in [1.54, 1.807) is 6.07 Å². The first-order valence-electron chi connectivity index (χ1n) is 26.9. The lowest BCUT2D eigenvalue weighted by molar-refractivity contribution is -0.438. The molecule has 76 heavy (non-hydrogen) atoms. The molecule has 3 aliphatic heterocycles. The topological polar surface area (TPSA) is 215 Å². The number of nitrogens with one attached hydrogen (secondary N) is 3. The normalized spacial score (nSPS) is 17.0. The Kier molecular flexibility index (Phi) is 19.7. The summed E-state index contributed by atoms with van der Waals surface area (Å²) in [6.45, 7) is 14.7. The number of benzene rings is 3. The number of amides is 1. The van der Waals surface area contributed by atoms with Crippen molar-refractivity contribution in [2.45, 2.75) is 127 Å². The fraction of sp³-hybridized carbons (Fsp3) is 0.483. The predicted molar refractivity (Wildman–Crippen MR) is 303 cm³/mol. The van der Waals surface area contributed by atoms with Crippen molar-refractivity contribution in [3.8, 4) is 5.75 Å². The van der Waals surface area contributed by atoms with E-state index in [0.29, 0.717) is 101 Å². The van der Waals surface area contributed by atoms with E-state index in [9.17, 15) is 40.3 Å². The Hall–Kier alpha value is -5.92. The Labute approximate surface area is 449 Å². The van der Waals surface area contributed by atoms with Crippen LogP contribution < -0.4 is 36.4 Å². The van der Waals surface area contributed by atoms with Crippen molar-refractivity contribution in [1.29, 1.82) is 0 Å². The average Bonchev–Trinajstić information content (AvgIpc) is 3.73. The van der Waals surface area contributed by atoms with Crippen LogP contribution >= 0.6 is 0 Å². The number of hydrogen-bond donors (Lipinski definition) is 5.